The number of aromatic nitrogens is 2. The number of nitrogens with zero attached hydrogens (tertiary/aromatic N) is 1. The summed E-state index contributed by atoms with van der Waals surface area (Å²) in [6.45, 7) is 6.22. The van der Waals surface area contributed by atoms with Gasteiger partial charge in [-0.2, -0.15) is 0 Å². The fraction of sp³-hybridized carbons (Fsp3) is 0.286. The van der Waals surface area contributed by atoms with Crippen LogP contribution in [0, 0.1) is 25.5 Å². The van der Waals surface area contributed by atoms with Crippen molar-refractivity contribution in [3.8, 4) is 17.0 Å². The largest absolute Gasteiger partial charge is 0.496 e. The van der Waals surface area contributed by atoms with E-state index in [9.17, 15) is 0 Å². The molecule has 0 aliphatic carbocycles. The van der Waals surface area contributed by atoms with E-state index in [4.69, 9.17) is 17.0 Å². The Bertz CT molecular complexity index is 647. The number of aromatic amines is 1. The quantitative estimate of drug-likeness (QED) is 0.836. The molecular formula is C14H16N2OS. The van der Waals surface area contributed by atoms with E-state index >= 15 is 0 Å². The maximum absolute atomic E-state index is 5.56. The molecule has 2 aromatic rings. The summed E-state index contributed by atoms with van der Waals surface area (Å²) >= 11 is 5.07. The molecule has 18 heavy (non-hydrogen) atoms. The molecule has 3 nitrogen and oxygen atoms in total. The Hall–Kier alpha value is -1.68. The monoisotopic (exact) mass is 260 g/mol. The van der Waals surface area contributed by atoms with Gasteiger partial charge in [-0.3, -0.25) is 0 Å². The third-order valence-electron chi connectivity index (χ3n) is 3.13. The van der Waals surface area contributed by atoms with Gasteiger partial charge in [-0.05, 0) is 55.7 Å². The molecule has 0 bridgehead atoms. The summed E-state index contributed by atoms with van der Waals surface area (Å²) in [5.74, 6) is 0.893. The van der Waals surface area contributed by atoms with Crippen LogP contribution >= 0.6 is 12.2 Å². The third kappa shape index (κ3) is 2.16. The summed E-state index contributed by atoms with van der Waals surface area (Å²) in [7, 11) is 1.69. The fourth-order valence-corrected chi connectivity index (χ4v) is 2.33. The number of hydrogen-bond donors (Lipinski definition) is 1. The minimum absolute atomic E-state index is 0.479. The molecule has 0 saturated carbocycles. The summed E-state index contributed by atoms with van der Waals surface area (Å²) in [4.78, 5) is 7.12. The van der Waals surface area contributed by atoms with Gasteiger partial charge >= 0.3 is 0 Å². The maximum atomic E-state index is 5.56. The van der Waals surface area contributed by atoms with Crippen LogP contribution in [0.1, 0.15) is 16.7 Å². The maximum Gasteiger partial charge on any atom is 0.197 e. The van der Waals surface area contributed by atoms with Crippen LogP contribution in [0.5, 0.6) is 5.75 Å². The van der Waals surface area contributed by atoms with E-state index in [0.29, 0.717) is 4.77 Å². The van der Waals surface area contributed by atoms with Crippen LogP contribution in [-0.4, -0.2) is 17.1 Å². The van der Waals surface area contributed by atoms with Gasteiger partial charge in [-0.15, -0.1) is 0 Å². The predicted octanol–water partition coefficient (Wildman–Crippen LogP) is 3.74. The Morgan fingerprint density at radius 3 is 2.56 bits per heavy atom. The highest BCUT2D eigenvalue weighted by Gasteiger charge is 2.14. The van der Waals surface area contributed by atoms with E-state index in [-0.39, 0.29) is 0 Å². The number of hydrogen-bond acceptors (Lipinski definition) is 3. The van der Waals surface area contributed by atoms with Crippen molar-refractivity contribution in [2.45, 2.75) is 20.8 Å². The molecule has 0 unspecified atom stereocenters. The number of methoxy groups -OCH3 is 1. The van der Waals surface area contributed by atoms with Crippen molar-refractivity contribution in [1.82, 2.24) is 9.97 Å². The lowest BCUT2D eigenvalue weighted by molar-refractivity contribution is 0.412. The lowest BCUT2D eigenvalue weighted by Gasteiger charge is -2.16. The zero-order valence-electron chi connectivity index (χ0n) is 11.0. The molecule has 0 aliphatic heterocycles. The fourth-order valence-electron chi connectivity index (χ4n) is 2.16. The van der Waals surface area contributed by atoms with Gasteiger partial charge in [0.15, 0.2) is 4.77 Å². The van der Waals surface area contributed by atoms with Gasteiger partial charge in [0.1, 0.15) is 5.75 Å². The lowest BCUT2D eigenvalue weighted by atomic mass is 9.97. The summed E-state index contributed by atoms with van der Waals surface area (Å²) in [6.07, 6.45) is 1.71. The average molecular weight is 260 g/mol. The average Bonchev–Trinajstić information content (AvgIpc) is 2.33. The first-order valence-electron chi connectivity index (χ1n) is 5.75. The standard InChI is InChI=1S/C14H16N2OS/c1-8-7-9(2)12(13(17-4)10(8)3)11-5-6-15-14(18)16-11/h5-7H,1-4H3,(H,15,16,18). The molecule has 94 valence electrons. The molecule has 0 atom stereocenters. The molecule has 4 heteroatoms. The summed E-state index contributed by atoms with van der Waals surface area (Å²) in [5.41, 5.74) is 5.52. The molecule has 1 aromatic heterocycles. The number of H-pyrrole nitrogens is 1. The van der Waals surface area contributed by atoms with Crippen molar-refractivity contribution in [2.24, 2.45) is 0 Å². The minimum Gasteiger partial charge on any atom is -0.496 e. The smallest absolute Gasteiger partial charge is 0.197 e. The zero-order valence-corrected chi connectivity index (χ0v) is 11.8. The second-order valence-corrected chi connectivity index (χ2v) is 4.72. The van der Waals surface area contributed by atoms with Gasteiger partial charge in [0.25, 0.3) is 0 Å². The number of ether oxygens (including phenoxy) is 1. The molecule has 0 amide bonds. The summed E-state index contributed by atoms with van der Waals surface area (Å²) in [5, 5.41) is 0. The van der Waals surface area contributed by atoms with Gasteiger partial charge in [-0.25, -0.2) is 4.98 Å². The first-order chi connectivity index (χ1) is 8.54. The van der Waals surface area contributed by atoms with E-state index in [0.717, 1.165) is 28.1 Å². The van der Waals surface area contributed by atoms with Crippen molar-refractivity contribution in [3.63, 3.8) is 0 Å². The topological polar surface area (TPSA) is 37.9 Å². The Labute approximate surface area is 112 Å². The van der Waals surface area contributed by atoms with Gasteiger partial charge in [0.2, 0.25) is 0 Å². The number of benzene rings is 1. The van der Waals surface area contributed by atoms with Crippen LogP contribution in [0.4, 0.5) is 0 Å². The van der Waals surface area contributed by atoms with Crippen LogP contribution in [0.15, 0.2) is 18.3 Å². The Morgan fingerprint density at radius 2 is 1.94 bits per heavy atom. The Balaban J connectivity index is 2.78. The molecule has 1 N–H and O–H groups in total. The highest BCUT2D eigenvalue weighted by atomic mass is 32.1. The van der Waals surface area contributed by atoms with Gasteiger partial charge in [0.05, 0.1) is 12.8 Å². The van der Waals surface area contributed by atoms with Crippen molar-refractivity contribution < 1.29 is 4.74 Å². The lowest BCUT2D eigenvalue weighted by Crippen LogP contribution is -1.98. The second-order valence-electron chi connectivity index (χ2n) is 4.33. The van der Waals surface area contributed by atoms with Gasteiger partial charge in [-0.1, -0.05) is 6.07 Å². The molecular weight excluding hydrogens is 244 g/mol. The van der Waals surface area contributed by atoms with Crippen LogP contribution in [0.25, 0.3) is 11.3 Å². The first-order valence-corrected chi connectivity index (χ1v) is 6.16. The van der Waals surface area contributed by atoms with E-state index in [1.165, 1.54) is 5.56 Å². The van der Waals surface area contributed by atoms with Crippen LogP contribution in [-0.2, 0) is 0 Å². The Morgan fingerprint density at radius 1 is 1.22 bits per heavy atom. The molecule has 1 heterocycles. The minimum atomic E-state index is 0.479. The normalized spacial score (nSPS) is 10.4. The summed E-state index contributed by atoms with van der Waals surface area (Å²) in [6, 6.07) is 4.07. The molecule has 0 aliphatic rings. The highest BCUT2D eigenvalue weighted by Crippen LogP contribution is 2.36. The van der Waals surface area contributed by atoms with Crippen molar-refractivity contribution >= 4 is 12.2 Å². The van der Waals surface area contributed by atoms with Crippen LogP contribution in [0.3, 0.4) is 0 Å². The van der Waals surface area contributed by atoms with Crippen molar-refractivity contribution in [2.75, 3.05) is 7.11 Å². The zero-order chi connectivity index (χ0) is 13.3. The highest BCUT2D eigenvalue weighted by molar-refractivity contribution is 7.71. The first kappa shape index (κ1) is 12.8. The van der Waals surface area contributed by atoms with E-state index in [1.54, 1.807) is 13.3 Å². The van der Waals surface area contributed by atoms with E-state index in [2.05, 4.69) is 36.8 Å². The predicted molar refractivity (Wildman–Crippen MR) is 75.6 cm³/mol. The molecule has 0 fully saturated rings. The molecule has 1 aromatic carbocycles. The van der Waals surface area contributed by atoms with Crippen LogP contribution in [0.2, 0.25) is 0 Å². The summed E-state index contributed by atoms with van der Waals surface area (Å²) < 4.78 is 6.04. The van der Waals surface area contributed by atoms with Crippen molar-refractivity contribution in [1.29, 1.82) is 0 Å². The number of aryl methyl sites for hydroxylation is 2. The molecule has 2 rings (SSSR count). The van der Waals surface area contributed by atoms with Crippen LogP contribution < -0.4 is 4.74 Å². The molecule has 0 saturated heterocycles. The van der Waals surface area contributed by atoms with Gasteiger partial charge in [0, 0.05) is 11.8 Å². The number of nitrogens with one attached hydrogen (secondary N) is 1. The van der Waals surface area contributed by atoms with E-state index in [1.807, 2.05) is 6.07 Å². The molecule has 0 spiro atoms. The number of rotatable bonds is 2. The third-order valence-corrected chi connectivity index (χ3v) is 3.34. The van der Waals surface area contributed by atoms with Crippen molar-refractivity contribution in [3.05, 3.63) is 39.8 Å². The van der Waals surface area contributed by atoms with Gasteiger partial charge < -0.3 is 9.72 Å². The Kier molecular flexibility index (Phi) is 3.48. The second kappa shape index (κ2) is 4.90. The SMILES string of the molecule is COc1c(C)c(C)cc(C)c1-c1ccnc(=S)[nH]1. The van der Waals surface area contributed by atoms with E-state index < -0.39 is 0 Å². The molecule has 0 radical (unpaired) electrons.